The zero-order chi connectivity index (χ0) is 11.7. The molecule has 1 aliphatic heterocycles. The zero-order valence-electron chi connectivity index (χ0n) is 9.72. The molecule has 0 saturated heterocycles. The van der Waals surface area contributed by atoms with Crippen molar-refractivity contribution in [2.75, 3.05) is 5.32 Å². The van der Waals surface area contributed by atoms with Crippen LogP contribution in [0.3, 0.4) is 0 Å². The van der Waals surface area contributed by atoms with Crippen LogP contribution in [-0.4, -0.2) is 5.84 Å². The lowest BCUT2D eigenvalue weighted by Gasteiger charge is -2.22. The SMILES string of the molecule is CC1N=C(c2ccccc2)Nc2ccccc21. The van der Waals surface area contributed by atoms with Gasteiger partial charge in [-0.1, -0.05) is 48.5 Å². The molecule has 1 unspecified atom stereocenters. The maximum atomic E-state index is 4.70. The highest BCUT2D eigenvalue weighted by Crippen LogP contribution is 2.30. The normalized spacial score (nSPS) is 17.9. The molecule has 0 spiro atoms. The van der Waals surface area contributed by atoms with Gasteiger partial charge in [-0.3, -0.25) is 4.99 Å². The molecule has 2 aromatic rings. The topological polar surface area (TPSA) is 24.4 Å². The van der Waals surface area contributed by atoms with Gasteiger partial charge in [-0.25, -0.2) is 0 Å². The predicted molar refractivity (Wildman–Crippen MR) is 71.5 cm³/mol. The number of rotatable bonds is 1. The summed E-state index contributed by atoms with van der Waals surface area (Å²) in [4.78, 5) is 4.70. The highest BCUT2D eigenvalue weighted by Gasteiger charge is 2.17. The van der Waals surface area contributed by atoms with Crippen LogP contribution in [0.5, 0.6) is 0 Å². The number of nitrogens with one attached hydrogen (secondary N) is 1. The first-order valence-electron chi connectivity index (χ1n) is 5.84. The Morgan fingerprint density at radius 3 is 2.47 bits per heavy atom. The summed E-state index contributed by atoms with van der Waals surface area (Å²) >= 11 is 0. The molecule has 2 nitrogen and oxygen atoms in total. The quantitative estimate of drug-likeness (QED) is 0.783. The minimum Gasteiger partial charge on any atom is -0.340 e. The van der Waals surface area contributed by atoms with Crippen molar-refractivity contribution in [3.63, 3.8) is 0 Å². The highest BCUT2D eigenvalue weighted by atomic mass is 15.0. The Balaban J connectivity index is 2.02. The van der Waals surface area contributed by atoms with Crippen LogP contribution in [-0.2, 0) is 0 Å². The summed E-state index contributed by atoms with van der Waals surface area (Å²) in [6.45, 7) is 2.13. The molecule has 84 valence electrons. The lowest BCUT2D eigenvalue weighted by Crippen LogP contribution is -2.20. The van der Waals surface area contributed by atoms with Crippen LogP contribution in [0.25, 0.3) is 0 Å². The van der Waals surface area contributed by atoms with Crippen molar-refractivity contribution in [2.45, 2.75) is 13.0 Å². The third kappa shape index (κ3) is 1.82. The average Bonchev–Trinajstić information content (AvgIpc) is 2.40. The first-order chi connectivity index (χ1) is 8.34. The molecule has 0 aliphatic carbocycles. The molecule has 2 heteroatoms. The smallest absolute Gasteiger partial charge is 0.133 e. The van der Waals surface area contributed by atoms with Gasteiger partial charge in [0.25, 0.3) is 0 Å². The van der Waals surface area contributed by atoms with Gasteiger partial charge in [-0.05, 0) is 18.6 Å². The Morgan fingerprint density at radius 2 is 1.65 bits per heavy atom. The summed E-state index contributed by atoms with van der Waals surface area (Å²) in [6.07, 6.45) is 0. The Hall–Kier alpha value is -2.09. The van der Waals surface area contributed by atoms with E-state index in [9.17, 15) is 0 Å². The van der Waals surface area contributed by atoms with Crippen LogP contribution >= 0.6 is 0 Å². The summed E-state index contributed by atoms with van der Waals surface area (Å²) in [5.74, 6) is 0.955. The van der Waals surface area contributed by atoms with E-state index in [1.165, 1.54) is 5.56 Å². The molecule has 0 aromatic heterocycles. The lowest BCUT2D eigenvalue weighted by atomic mass is 10.0. The van der Waals surface area contributed by atoms with Gasteiger partial charge < -0.3 is 5.32 Å². The number of nitrogens with zero attached hydrogens (tertiary/aromatic N) is 1. The minimum absolute atomic E-state index is 0.211. The summed E-state index contributed by atoms with van der Waals surface area (Å²) in [5.41, 5.74) is 3.55. The van der Waals surface area contributed by atoms with E-state index in [1.54, 1.807) is 0 Å². The second-order valence-corrected chi connectivity index (χ2v) is 4.23. The molecule has 17 heavy (non-hydrogen) atoms. The highest BCUT2D eigenvalue weighted by molar-refractivity contribution is 6.09. The standard InChI is InChI=1S/C15H14N2/c1-11-13-9-5-6-10-14(13)17-15(16-11)12-7-3-2-4-8-12/h2-11H,1H3,(H,16,17). The second-order valence-electron chi connectivity index (χ2n) is 4.23. The van der Waals surface area contributed by atoms with Crippen molar-refractivity contribution in [2.24, 2.45) is 4.99 Å². The molecule has 1 atom stereocenters. The summed E-state index contributed by atoms with van der Waals surface area (Å²) in [7, 11) is 0. The maximum Gasteiger partial charge on any atom is 0.133 e. The number of benzene rings is 2. The molecular weight excluding hydrogens is 208 g/mol. The Kier molecular flexibility index (Phi) is 2.41. The van der Waals surface area contributed by atoms with Crippen LogP contribution in [0.15, 0.2) is 59.6 Å². The fourth-order valence-electron chi connectivity index (χ4n) is 2.14. The first kappa shape index (κ1) is 10.1. The zero-order valence-corrected chi connectivity index (χ0v) is 9.72. The number of fused-ring (bicyclic) bond motifs is 1. The first-order valence-corrected chi connectivity index (χ1v) is 5.84. The summed E-state index contributed by atoms with van der Waals surface area (Å²) in [5, 5.41) is 3.39. The number of hydrogen-bond acceptors (Lipinski definition) is 2. The Bertz CT molecular complexity index is 558. The number of amidine groups is 1. The van der Waals surface area contributed by atoms with E-state index < -0.39 is 0 Å². The largest absolute Gasteiger partial charge is 0.340 e. The lowest BCUT2D eigenvalue weighted by molar-refractivity contribution is 0.812. The van der Waals surface area contributed by atoms with Crippen molar-refractivity contribution >= 4 is 11.5 Å². The van der Waals surface area contributed by atoms with Crippen LogP contribution in [0.2, 0.25) is 0 Å². The van der Waals surface area contributed by atoms with Gasteiger partial charge in [0.1, 0.15) is 5.84 Å². The molecular formula is C15H14N2. The van der Waals surface area contributed by atoms with E-state index in [2.05, 4.69) is 42.6 Å². The number of aliphatic imine (C=N–C) groups is 1. The van der Waals surface area contributed by atoms with Crippen molar-refractivity contribution < 1.29 is 0 Å². The fraction of sp³-hybridized carbons (Fsp3) is 0.133. The van der Waals surface area contributed by atoms with Crippen LogP contribution in [0.1, 0.15) is 24.1 Å². The van der Waals surface area contributed by atoms with Crippen LogP contribution in [0.4, 0.5) is 5.69 Å². The van der Waals surface area contributed by atoms with Gasteiger partial charge in [0, 0.05) is 11.3 Å². The van der Waals surface area contributed by atoms with Gasteiger partial charge in [0.2, 0.25) is 0 Å². The van der Waals surface area contributed by atoms with E-state index in [1.807, 2.05) is 24.3 Å². The molecule has 0 fully saturated rings. The molecule has 2 aromatic carbocycles. The van der Waals surface area contributed by atoms with Gasteiger partial charge in [-0.2, -0.15) is 0 Å². The number of anilines is 1. The third-order valence-corrected chi connectivity index (χ3v) is 3.03. The Morgan fingerprint density at radius 1 is 0.941 bits per heavy atom. The molecule has 1 aliphatic rings. The van der Waals surface area contributed by atoms with E-state index in [4.69, 9.17) is 4.99 Å². The third-order valence-electron chi connectivity index (χ3n) is 3.03. The summed E-state index contributed by atoms with van der Waals surface area (Å²) < 4.78 is 0. The number of hydrogen-bond donors (Lipinski definition) is 1. The van der Waals surface area contributed by atoms with E-state index in [0.29, 0.717) is 0 Å². The fourth-order valence-corrected chi connectivity index (χ4v) is 2.14. The van der Waals surface area contributed by atoms with Gasteiger partial charge in [0.15, 0.2) is 0 Å². The maximum absolute atomic E-state index is 4.70. The van der Waals surface area contributed by atoms with Crippen LogP contribution in [0, 0.1) is 0 Å². The van der Waals surface area contributed by atoms with Crippen molar-refractivity contribution in [3.05, 3.63) is 65.7 Å². The molecule has 3 rings (SSSR count). The van der Waals surface area contributed by atoms with Gasteiger partial charge in [-0.15, -0.1) is 0 Å². The second kappa shape index (κ2) is 4.06. The molecule has 0 radical (unpaired) electrons. The van der Waals surface area contributed by atoms with E-state index >= 15 is 0 Å². The van der Waals surface area contributed by atoms with Crippen LogP contribution < -0.4 is 5.32 Å². The predicted octanol–water partition coefficient (Wildman–Crippen LogP) is 3.62. The van der Waals surface area contributed by atoms with Gasteiger partial charge in [0.05, 0.1) is 6.04 Å². The van der Waals surface area contributed by atoms with Gasteiger partial charge >= 0.3 is 0 Å². The van der Waals surface area contributed by atoms with Crippen molar-refractivity contribution in [3.8, 4) is 0 Å². The molecule has 1 heterocycles. The number of para-hydroxylation sites is 1. The van der Waals surface area contributed by atoms with Crippen molar-refractivity contribution in [1.82, 2.24) is 0 Å². The Labute approximate surface area is 101 Å². The van der Waals surface area contributed by atoms with Crippen molar-refractivity contribution in [1.29, 1.82) is 0 Å². The molecule has 0 saturated carbocycles. The summed E-state index contributed by atoms with van der Waals surface area (Å²) in [6, 6.07) is 18.8. The van der Waals surface area contributed by atoms with E-state index in [-0.39, 0.29) is 6.04 Å². The molecule has 1 N–H and O–H groups in total. The minimum atomic E-state index is 0.211. The molecule has 0 bridgehead atoms. The monoisotopic (exact) mass is 222 g/mol. The molecule has 0 amide bonds. The average molecular weight is 222 g/mol. The van der Waals surface area contributed by atoms with E-state index in [0.717, 1.165) is 17.1 Å².